The van der Waals surface area contributed by atoms with Gasteiger partial charge in [0.25, 0.3) is 0 Å². The van der Waals surface area contributed by atoms with Gasteiger partial charge >= 0.3 is 0 Å². The number of hydrazone groups is 1. The van der Waals surface area contributed by atoms with Crippen LogP contribution in [-0.4, -0.2) is 36.3 Å². The maximum atomic E-state index is 4.41. The maximum Gasteiger partial charge on any atom is 0.0562 e. The molecule has 0 aliphatic carbocycles. The van der Waals surface area contributed by atoms with Gasteiger partial charge in [0, 0.05) is 19.0 Å². The van der Waals surface area contributed by atoms with E-state index in [1.165, 1.54) is 31.6 Å². The summed E-state index contributed by atoms with van der Waals surface area (Å²) >= 11 is 0. The predicted octanol–water partition coefficient (Wildman–Crippen LogP) is 0.986. The molecule has 0 aromatic heterocycles. The van der Waals surface area contributed by atoms with Crippen LogP contribution >= 0.6 is 0 Å². The molecule has 0 spiro atoms. The first-order valence-corrected chi connectivity index (χ1v) is 5.06. The number of fused-ring (bicyclic) bond motifs is 1. The molecule has 2 aliphatic heterocycles. The predicted molar refractivity (Wildman–Crippen MR) is 54.8 cm³/mol. The van der Waals surface area contributed by atoms with Crippen molar-refractivity contribution in [3.05, 3.63) is 12.7 Å². The standard InChI is InChI=1S/C10H17N3/c1-2-6-11-12-9-5-8-13-7-3-4-10(9)13/h2,10-11H,1,3-8H2/b12-9-. The van der Waals surface area contributed by atoms with Crippen molar-refractivity contribution < 1.29 is 0 Å². The molecule has 2 saturated heterocycles. The van der Waals surface area contributed by atoms with E-state index in [9.17, 15) is 0 Å². The van der Waals surface area contributed by atoms with E-state index in [0.717, 1.165) is 13.0 Å². The number of rotatable bonds is 3. The highest BCUT2D eigenvalue weighted by molar-refractivity contribution is 5.91. The first-order chi connectivity index (χ1) is 6.42. The van der Waals surface area contributed by atoms with Crippen LogP contribution in [0.1, 0.15) is 19.3 Å². The summed E-state index contributed by atoms with van der Waals surface area (Å²) in [5.41, 5.74) is 4.38. The Morgan fingerprint density at radius 1 is 1.62 bits per heavy atom. The Morgan fingerprint density at radius 3 is 3.38 bits per heavy atom. The smallest absolute Gasteiger partial charge is 0.0562 e. The van der Waals surface area contributed by atoms with Gasteiger partial charge in [-0.3, -0.25) is 4.90 Å². The molecule has 2 fully saturated rings. The summed E-state index contributed by atoms with van der Waals surface area (Å²) in [6, 6.07) is 0.650. The molecule has 1 N–H and O–H groups in total. The summed E-state index contributed by atoms with van der Waals surface area (Å²) < 4.78 is 0. The molecule has 2 aliphatic rings. The molecule has 3 nitrogen and oxygen atoms in total. The molecule has 2 rings (SSSR count). The van der Waals surface area contributed by atoms with Crippen molar-refractivity contribution >= 4 is 5.71 Å². The van der Waals surface area contributed by atoms with Crippen molar-refractivity contribution in [2.24, 2.45) is 5.10 Å². The third kappa shape index (κ3) is 1.75. The Morgan fingerprint density at radius 2 is 2.54 bits per heavy atom. The van der Waals surface area contributed by atoms with Crippen molar-refractivity contribution in [3.8, 4) is 0 Å². The molecule has 3 heteroatoms. The number of hydrogen-bond donors (Lipinski definition) is 1. The average molecular weight is 179 g/mol. The lowest BCUT2D eigenvalue weighted by atomic mass is 10.1. The average Bonchev–Trinajstić information content (AvgIpc) is 2.68. The number of nitrogens with zero attached hydrogens (tertiary/aromatic N) is 2. The molecule has 0 amide bonds. The second-order valence-corrected chi connectivity index (χ2v) is 3.70. The molecule has 0 saturated carbocycles. The Balaban J connectivity index is 1.92. The van der Waals surface area contributed by atoms with E-state index in [-0.39, 0.29) is 0 Å². The van der Waals surface area contributed by atoms with Crippen LogP contribution in [0.2, 0.25) is 0 Å². The summed E-state index contributed by atoms with van der Waals surface area (Å²) in [5, 5.41) is 4.41. The van der Waals surface area contributed by atoms with Crippen LogP contribution in [-0.2, 0) is 0 Å². The van der Waals surface area contributed by atoms with Crippen molar-refractivity contribution in [2.75, 3.05) is 19.6 Å². The fourth-order valence-corrected chi connectivity index (χ4v) is 2.24. The minimum atomic E-state index is 0.650. The monoisotopic (exact) mass is 179 g/mol. The molecule has 1 unspecified atom stereocenters. The van der Waals surface area contributed by atoms with Gasteiger partial charge in [0.05, 0.1) is 12.3 Å². The summed E-state index contributed by atoms with van der Waals surface area (Å²) in [7, 11) is 0. The SMILES string of the molecule is C=CCN/N=C1/CCN2CCCC12. The zero-order valence-corrected chi connectivity index (χ0v) is 8.00. The summed E-state index contributed by atoms with van der Waals surface area (Å²) in [6.07, 6.45) is 5.62. The molecule has 0 radical (unpaired) electrons. The van der Waals surface area contributed by atoms with Crippen molar-refractivity contribution in [1.29, 1.82) is 0 Å². The molecular formula is C10H17N3. The Hall–Kier alpha value is -0.830. The van der Waals surface area contributed by atoms with Gasteiger partial charge in [0.1, 0.15) is 0 Å². The van der Waals surface area contributed by atoms with Gasteiger partial charge < -0.3 is 5.43 Å². The van der Waals surface area contributed by atoms with Gasteiger partial charge in [-0.15, -0.1) is 6.58 Å². The normalized spacial score (nSPS) is 30.8. The number of nitrogens with one attached hydrogen (secondary N) is 1. The highest BCUT2D eigenvalue weighted by atomic mass is 15.3. The fourth-order valence-electron chi connectivity index (χ4n) is 2.24. The molecule has 72 valence electrons. The molecule has 0 aromatic carbocycles. The zero-order chi connectivity index (χ0) is 9.10. The van der Waals surface area contributed by atoms with E-state index in [4.69, 9.17) is 0 Å². The van der Waals surface area contributed by atoms with Crippen LogP contribution in [0.25, 0.3) is 0 Å². The molecule has 1 atom stereocenters. The third-order valence-corrected chi connectivity index (χ3v) is 2.86. The summed E-state index contributed by atoms with van der Waals surface area (Å²) in [5.74, 6) is 0. The lowest BCUT2D eigenvalue weighted by Crippen LogP contribution is -2.27. The molecule has 13 heavy (non-hydrogen) atoms. The minimum Gasteiger partial charge on any atom is -0.306 e. The van der Waals surface area contributed by atoms with E-state index in [1.807, 2.05) is 6.08 Å². The fraction of sp³-hybridized carbons (Fsp3) is 0.700. The van der Waals surface area contributed by atoms with Crippen LogP contribution in [0.5, 0.6) is 0 Å². The van der Waals surface area contributed by atoms with Crippen molar-refractivity contribution in [2.45, 2.75) is 25.3 Å². The van der Waals surface area contributed by atoms with Gasteiger partial charge in [-0.2, -0.15) is 5.10 Å². The Bertz CT molecular complexity index is 222. The van der Waals surface area contributed by atoms with Gasteiger partial charge in [-0.1, -0.05) is 6.08 Å². The Kier molecular flexibility index (Phi) is 2.64. The number of hydrogen-bond acceptors (Lipinski definition) is 3. The Labute approximate surface area is 79.5 Å². The molecule has 2 heterocycles. The van der Waals surface area contributed by atoms with Crippen LogP contribution in [0.3, 0.4) is 0 Å². The van der Waals surface area contributed by atoms with Gasteiger partial charge in [-0.05, 0) is 19.4 Å². The van der Waals surface area contributed by atoms with Crippen molar-refractivity contribution in [3.63, 3.8) is 0 Å². The van der Waals surface area contributed by atoms with E-state index in [2.05, 4.69) is 22.0 Å². The highest BCUT2D eigenvalue weighted by Crippen LogP contribution is 2.25. The maximum absolute atomic E-state index is 4.41. The van der Waals surface area contributed by atoms with Gasteiger partial charge in [0.15, 0.2) is 0 Å². The van der Waals surface area contributed by atoms with Gasteiger partial charge in [0.2, 0.25) is 0 Å². The lowest BCUT2D eigenvalue weighted by molar-refractivity contribution is 0.345. The first kappa shape index (κ1) is 8.75. The van der Waals surface area contributed by atoms with Crippen LogP contribution in [0.4, 0.5) is 0 Å². The second-order valence-electron chi connectivity index (χ2n) is 3.70. The van der Waals surface area contributed by atoms with E-state index < -0.39 is 0 Å². The van der Waals surface area contributed by atoms with Crippen LogP contribution in [0, 0.1) is 0 Å². The highest BCUT2D eigenvalue weighted by Gasteiger charge is 2.33. The van der Waals surface area contributed by atoms with Crippen LogP contribution in [0.15, 0.2) is 17.8 Å². The molecule has 0 bridgehead atoms. The van der Waals surface area contributed by atoms with E-state index >= 15 is 0 Å². The van der Waals surface area contributed by atoms with E-state index in [1.54, 1.807) is 0 Å². The zero-order valence-electron chi connectivity index (χ0n) is 8.00. The first-order valence-electron chi connectivity index (χ1n) is 5.06. The topological polar surface area (TPSA) is 27.6 Å². The van der Waals surface area contributed by atoms with Crippen molar-refractivity contribution in [1.82, 2.24) is 10.3 Å². The largest absolute Gasteiger partial charge is 0.306 e. The summed E-state index contributed by atoms with van der Waals surface area (Å²) in [6.45, 7) is 6.90. The van der Waals surface area contributed by atoms with Crippen LogP contribution < -0.4 is 5.43 Å². The second kappa shape index (κ2) is 3.92. The quantitative estimate of drug-likeness (QED) is 0.397. The summed E-state index contributed by atoms with van der Waals surface area (Å²) in [4.78, 5) is 2.54. The third-order valence-electron chi connectivity index (χ3n) is 2.86. The lowest BCUT2D eigenvalue weighted by Gasteiger charge is -2.13. The molecule has 0 aromatic rings. The van der Waals surface area contributed by atoms with E-state index in [0.29, 0.717) is 6.04 Å². The van der Waals surface area contributed by atoms with Gasteiger partial charge in [-0.25, -0.2) is 0 Å². The minimum absolute atomic E-state index is 0.650. The molecular weight excluding hydrogens is 162 g/mol.